The fraction of sp³-hybridized carbons (Fsp3) is 0.488. The molecule has 1 aromatic heterocycles. The topological polar surface area (TPSA) is 182 Å². The predicted molar refractivity (Wildman–Crippen MR) is 210 cm³/mol. The zero-order valence-electron chi connectivity index (χ0n) is 32.9. The third-order valence-electron chi connectivity index (χ3n) is 10.2. The predicted octanol–water partition coefficient (Wildman–Crippen LogP) is 4.87. The smallest absolute Gasteiger partial charge is 0.408 e. The number of amides is 4. The Balaban J connectivity index is 1.34. The molecule has 300 valence electrons. The Morgan fingerprint density at radius 1 is 1.02 bits per heavy atom. The maximum Gasteiger partial charge on any atom is 0.408 e. The van der Waals surface area contributed by atoms with E-state index in [1.807, 2.05) is 36.4 Å². The van der Waals surface area contributed by atoms with Crippen LogP contribution in [-0.4, -0.2) is 90.3 Å². The Hall–Kier alpha value is -5.18. The van der Waals surface area contributed by atoms with Gasteiger partial charge in [-0.25, -0.2) is 18.2 Å². The van der Waals surface area contributed by atoms with Gasteiger partial charge in [-0.1, -0.05) is 57.2 Å². The molecule has 1 aliphatic heterocycles. The van der Waals surface area contributed by atoms with Crippen LogP contribution in [0.3, 0.4) is 0 Å². The quantitative estimate of drug-likeness (QED) is 0.214. The zero-order chi connectivity index (χ0) is 40.8. The third kappa shape index (κ3) is 8.77. The normalized spacial score (nSPS) is 22.8. The van der Waals surface area contributed by atoms with Crippen molar-refractivity contribution in [1.82, 2.24) is 25.2 Å². The third-order valence-corrected chi connectivity index (χ3v) is 12.0. The molecule has 0 spiro atoms. The zero-order valence-corrected chi connectivity index (χ0v) is 33.7. The minimum Gasteiger partial charge on any atom is -0.497 e. The molecule has 6 rings (SSSR count). The van der Waals surface area contributed by atoms with Crippen molar-refractivity contribution in [2.75, 3.05) is 13.7 Å². The standard InChI is InChI=1S/C41H51N5O9S/c1-9-25-22-41(25,37(49)45-56(51,52)28-16-17-28)43-35(47)32-20-27(23-46(32)36(48)34(39(2,3)4)55-38(50)44-40(5,6)7)54-33-21-30(24-13-11-10-12-14-24)42-31-19-26(53-8)15-18-29(31)33/h9-15,18-19,21,25,27-28,32,34H,1,16-17,20,22-23H2,2-8H3,(H,43,47)(H,44,50)(H,45,49)/t25-,27-,32+,34-,41-/m1/s1. The summed E-state index contributed by atoms with van der Waals surface area (Å²) in [4.78, 5) is 61.9. The van der Waals surface area contributed by atoms with Crippen LogP contribution in [-0.2, 0) is 29.1 Å². The Kier molecular flexibility index (Phi) is 10.9. The molecule has 0 radical (unpaired) electrons. The lowest BCUT2D eigenvalue weighted by Gasteiger charge is -2.35. The minimum absolute atomic E-state index is 0.0000919. The molecule has 3 N–H and O–H groups in total. The number of rotatable bonds is 12. The lowest BCUT2D eigenvalue weighted by molar-refractivity contribution is -0.150. The highest BCUT2D eigenvalue weighted by Gasteiger charge is 2.62. The van der Waals surface area contributed by atoms with E-state index in [1.165, 1.54) is 11.0 Å². The maximum absolute atomic E-state index is 14.6. The number of carbonyl (C=O) groups is 4. The molecule has 3 fully saturated rings. The van der Waals surface area contributed by atoms with Crippen LogP contribution in [0.1, 0.15) is 67.2 Å². The highest BCUT2D eigenvalue weighted by atomic mass is 32.2. The van der Waals surface area contributed by atoms with Crippen LogP contribution < -0.4 is 24.8 Å². The fourth-order valence-corrected chi connectivity index (χ4v) is 8.29. The molecule has 5 atom stereocenters. The molecule has 14 nitrogen and oxygen atoms in total. The summed E-state index contributed by atoms with van der Waals surface area (Å²) in [6.45, 7) is 14.3. The molecular formula is C41H51N5O9S. The van der Waals surface area contributed by atoms with Crippen molar-refractivity contribution >= 4 is 44.7 Å². The van der Waals surface area contributed by atoms with E-state index in [0.717, 1.165) is 5.56 Å². The van der Waals surface area contributed by atoms with Crippen molar-refractivity contribution in [1.29, 1.82) is 0 Å². The number of nitrogens with one attached hydrogen (secondary N) is 3. The summed E-state index contributed by atoms with van der Waals surface area (Å²) in [5.41, 5.74) is -1.06. The average Bonchev–Trinajstić information content (AvgIpc) is 4.06. The number of fused-ring (bicyclic) bond motifs is 1. The number of ether oxygens (including phenoxy) is 3. The first-order chi connectivity index (χ1) is 26.2. The van der Waals surface area contributed by atoms with Crippen LogP contribution in [0.25, 0.3) is 22.2 Å². The summed E-state index contributed by atoms with van der Waals surface area (Å²) in [7, 11) is -2.35. The number of carbonyl (C=O) groups excluding carboxylic acids is 4. The maximum atomic E-state index is 14.6. The number of hydrogen-bond acceptors (Lipinski definition) is 10. The fourth-order valence-electron chi connectivity index (χ4n) is 6.92. The molecule has 4 amide bonds. The molecule has 0 bridgehead atoms. The first kappa shape index (κ1) is 40.5. The van der Waals surface area contributed by atoms with Crippen LogP contribution in [0.4, 0.5) is 4.79 Å². The Bertz CT molecular complexity index is 2140. The van der Waals surface area contributed by atoms with Gasteiger partial charge in [-0.2, -0.15) is 0 Å². The number of pyridine rings is 1. The van der Waals surface area contributed by atoms with E-state index in [1.54, 1.807) is 66.9 Å². The van der Waals surface area contributed by atoms with Crippen LogP contribution in [0.5, 0.6) is 11.5 Å². The molecule has 15 heteroatoms. The number of sulfonamides is 1. The van der Waals surface area contributed by atoms with E-state index in [0.29, 0.717) is 40.9 Å². The van der Waals surface area contributed by atoms with Gasteiger partial charge >= 0.3 is 6.09 Å². The lowest BCUT2D eigenvalue weighted by Crippen LogP contribution is -2.58. The van der Waals surface area contributed by atoms with Gasteiger partial charge in [0.15, 0.2) is 6.10 Å². The molecule has 3 aliphatic rings. The Labute approximate surface area is 327 Å². The summed E-state index contributed by atoms with van der Waals surface area (Å²) in [5, 5.41) is 5.55. The van der Waals surface area contributed by atoms with E-state index in [9.17, 15) is 27.6 Å². The van der Waals surface area contributed by atoms with E-state index in [4.69, 9.17) is 19.2 Å². The van der Waals surface area contributed by atoms with Crippen molar-refractivity contribution < 1.29 is 41.8 Å². The van der Waals surface area contributed by atoms with Gasteiger partial charge in [-0.05, 0) is 52.2 Å². The molecule has 2 aromatic carbocycles. The lowest BCUT2D eigenvalue weighted by atomic mass is 9.88. The van der Waals surface area contributed by atoms with Crippen molar-refractivity contribution in [3.63, 3.8) is 0 Å². The summed E-state index contributed by atoms with van der Waals surface area (Å²) in [6.07, 6.45) is -0.338. The number of aromatic nitrogens is 1. The van der Waals surface area contributed by atoms with E-state index in [-0.39, 0.29) is 19.4 Å². The van der Waals surface area contributed by atoms with Crippen molar-refractivity contribution in [2.45, 2.75) is 102 Å². The van der Waals surface area contributed by atoms with Crippen LogP contribution >= 0.6 is 0 Å². The van der Waals surface area contributed by atoms with Gasteiger partial charge in [0, 0.05) is 46.4 Å². The van der Waals surface area contributed by atoms with Crippen molar-refractivity contribution in [2.24, 2.45) is 11.3 Å². The van der Waals surface area contributed by atoms with Gasteiger partial charge in [-0.15, -0.1) is 6.58 Å². The molecule has 2 heterocycles. The monoisotopic (exact) mass is 789 g/mol. The SMILES string of the molecule is C=C[C@@H]1C[C@]1(NC(=O)[C@@H]1C[C@@H](Oc2cc(-c3ccccc3)nc3cc(OC)ccc23)CN1C(=O)[C@@H](OC(=O)NC(C)(C)C)C(C)(C)C)C(=O)NS(=O)(=O)C1CC1. The number of alkyl carbamates (subject to hydrolysis) is 1. The van der Waals surface area contributed by atoms with Gasteiger partial charge < -0.3 is 29.7 Å². The van der Waals surface area contributed by atoms with Gasteiger partial charge in [0.25, 0.3) is 11.8 Å². The second-order valence-corrected chi connectivity index (χ2v) is 18.9. The van der Waals surface area contributed by atoms with Gasteiger partial charge in [0.05, 0.1) is 30.1 Å². The highest BCUT2D eigenvalue weighted by Crippen LogP contribution is 2.46. The first-order valence-electron chi connectivity index (χ1n) is 18.8. The molecule has 2 saturated carbocycles. The Morgan fingerprint density at radius 3 is 2.30 bits per heavy atom. The molecule has 0 unspecified atom stereocenters. The van der Waals surface area contributed by atoms with Crippen LogP contribution in [0.2, 0.25) is 0 Å². The van der Waals surface area contributed by atoms with Crippen LogP contribution in [0, 0.1) is 11.3 Å². The van der Waals surface area contributed by atoms with Gasteiger partial charge in [-0.3, -0.25) is 19.1 Å². The van der Waals surface area contributed by atoms with Gasteiger partial charge in [0.1, 0.15) is 29.2 Å². The Morgan fingerprint density at radius 2 is 1.71 bits per heavy atom. The number of benzene rings is 2. The summed E-state index contributed by atoms with van der Waals surface area (Å²) < 4.78 is 45.6. The molecule has 3 aromatic rings. The second kappa shape index (κ2) is 15.1. The van der Waals surface area contributed by atoms with Crippen molar-refractivity contribution in [3.8, 4) is 22.8 Å². The summed E-state index contributed by atoms with van der Waals surface area (Å²) in [5.74, 6) is -1.66. The molecule has 1 saturated heterocycles. The number of hydrogen-bond donors (Lipinski definition) is 3. The molecule has 56 heavy (non-hydrogen) atoms. The minimum atomic E-state index is -3.92. The second-order valence-electron chi connectivity index (χ2n) is 16.9. The summed E-state index contributed by atoms with van der Waals surface area (Å²) >= 11 is 0. The average molecular weight is 790 g/mol. The number of methoxy groups -OCH3 is 1. The summed E-state index contributed by atoms with van der Waals surface area (Å²) in [6, 6.07) is 15.6. The van der Waals surface area contributed by atoms with E-state index < -0.39 is 79.7 Å². The van der Waals surface area contributed by atoms with E-state index >= 15 is 0 Å². The van der Waals surface area contributed by atoms with Gasteiger partial charge in [0.2, 0.25) is 15.9 Å². The molecule has 2 aliphatic carbocycles. The largest absolute Gasteiger partial charge is 0.497 e. The highest BCUT2D eigenvalue weighted by molar-refractivity contribution is 7.91. The number of nitrogens with zero attached hydrogens (tertiary/aromatic N) is 2. The van der Waals surface area contributed by atoms with Crippen LogP contribution in [0.15, 0.2) is 67.3 Å². The van der Waals surface area contributed by atoms with Crippen molar-refractivity contribution in [3.05, 3.63) is 67.3 Å². The molecular weight excluding hydrogens is 739 g/mol. The first-order valence-corrected chi connectivity index (χ1v) is 20.3. The number of likely N-dealkylation sites (tertiary alicyclic amines) is 1. The van der Waals surface area contributed by atoms with E-state index in [2.05, 4.69) is 21.9 Å².